The molecule has 0 unspecified atom stereocenters. The van der Waals surface area contributed by atoms with E-state index in [0.717, 1.165) is 16.4 Å². The summed E-state index contributed by atoms with van der Waals surface area (Å²) in [6.45, 7) is 1.93. The van der Waals surface area contributed by atoms with Gasteiger partial charge in [-0.15, -0.1) is 0 Å². The highest BCUT2D eigenvalue weighted by Crippen LogP contribution is 2.27. The van der Waals surface area contributed by atoms with Gasteiger partial charge in [0.25, 0.3) is 0 Å². The molecule has 0 aliphatic carbocycles. The highest BCUT2D eigenvalue weighted by atomic mass is 79.9. The fraction of sp³-hybridized carbons (Fsp3) is 0.385. The molecule has 0 fully saturated rings. The van der Waals surface area contributed by atoms with Gasteiger partial charge in [0.1, 0.15) is 6.29 Å². The van der Waals surface area contributed by atoms with Gasteiger partial charge in [-0.2, -0.15) is 5.26 Å². The van der Waals surface area contributed by atoms with E-state index in [1.807, 2.05) is 6.07 Å². The Labute approximate surface area is 115 Å². The number of hydrogen-bond donors (Lipinski definition) is 0. The average molecular weight is 311 g/mol. The summed E-state index contributed by atoms with van der Waals surface area (Å²) in [5, 5.41) is 8.67. The van der Waals surface area contributed by atoms with Crippen LogP contribution in [0.2, 0.25) is 0 Å². The van der Waals surface area contributed by atoms with Crippen molar-refractivity contribution in [2.24, 2.45) is 0 Å². The summed E-state index contributed by atoms with van der Waals surface area (Å²) in [4.78, 5) is 12.7. The molecule has 1 aromatic carbocycles. The van der Waals surface area contributed by atoms with Crippen LogP contribution in [-0.4, -0.2) is 33.1 Å². The van der Waals surface area contributed by atoms with Gasteiger partial charge in [0, 0.05) is 30.2 Å². The van der Waals surface area contributed by atoms with E-state index in [2.05, 4.69) is 26.9 Å². The van der Waals surface area contributed by atoms with E-state index in [4.69, 9.17) is 10.00 Å². The maximum atomic E-state index is 10.7. The maximum absolute atomic E-state index is 10.7. The summed E-state index contributed by atoms with van der Waals surface area (Å²) in [6, 6.07) is 7.54. The third kappa shape index (κ3) is 4.13. The Hall–Kier alpha value is -1.38. The SMILES string of the molecule is COCCN(CCC#N)c1ccc(C=O)cc1Br. The number of nitrogens with zero attached hydrogens (tertiary/aromatic N) is 2. The number of halogens is 1. The van der Waals surface area contributed by atoms with Gasteiger partial charge < -0.3 is 9.64 Å². The minimum Gasteiger partial charge on any atom is -0.383 e. The van der Waals surface area contributed by atoms with E-state index in [1.165, 1.54) is 0 Å². The van der Waals surface area contributed by atoms with Crippen molar-refractivity contribution in [3.63, 3.8) is 0 Å². The van der Waals surface area contributed by atoms with E-state index in [-0.39, 0.29) is 0 Å². The van der Waals surface area contributed by atoms with Gasteiger partial charge in [-0.3, -0.25) is 4.79 Å². The van der Waals surface area contributed by atoms with Crippen molar-refractivity contribution in [1.82, 2.24) is 0 Å². The molecule has 1 aromatic rings. The van der Waals surface area contributed by atoms with Crippen molar-refractivity contribution >= 4 is 27.9 Å². The molecular weight excluding hydrogens is 296 g/mol. The topological polar surface area (TPSA) is 53.3 Å². The van der Waals surface area contributed by atoms with Crippen LogP contribution >= 0.6 is 15.9 Å². The zero-order valence-corrected chi connectivity index (χ0v) is 11.8. The van der Waals surface area contributed by atoms with Crippen LogP contribution in [0, 0.1) is 11.3 Å². The van der Waals surface area contributed by atoms with Crippen LogP contribution in [-0.2, 0) is 4.74 Å². The molecule has 0 saturated heterocycles. The second kappa shape index (κ2) is 7.85. The molecule has 5 heteroatoms. The van der Waals surface area contributed by atoms with Crippen molar-refractivity contribution in [1.29, 1.82) is 5.26 Å². The first-order valence-electron chi connectivity index (χ1n) is 5.58. The number of aldehydes is 1. The molecule has 0 aliphatic rings. The molecule has 96 valence electrons. The molecule has 4 nitrogen and oxygen atoms in total. The average Bonchev–Trinajstić information content (AvgIpc) is 2.39. The summed E-state index contributed by atoms with van der Waals surface area (Å²) in [6.07, 6.45) is 1.26. The first kappa shape index (κ1) is 14.7. The van der Waals surface area contributed by atoms with Crippen molar-refractivity contribution in [3.05, 3.63) is 28.2 Å². The van der Waals surface area contributed by atoms with Gasteiger partial charge in [0.05, 0.1) is 24.8 Å². The fourth-order valence-electron chi connectivity index (χ4n) is 1.59. The molecule has 0 aromatic heterocycles. The minimum atomic E-state index is 0.450. The molecule has 1 rings (SSSR count). The van der Waals surface area contributed by atoms with Gasteiger partial charge in [0.15, 0.2) is 0 Å². The number of benzene rings is 1. The van der Waals surface area contributed by atoms with Gasteiger partial charge in [-0.05, 0) is 34.1 Å². The van der Waals surface area contributed by atoms with Gasteiger partial charge >= 0.3 is 0 Å². The van der Waals surface area contributed by atoms with E-state index in [0.29, 0.717) is 31.7 Å². The lowest BCUT2D eigenvalue weighted by atomic mass is 10.2. The molecule has 0 radical (unpaired) electrons. The number of carbonyl (C=O) groups excluding carboxylic acids is 1. The summed E-state index contributed by atoms with van der Waals surface area (Å²) in [7, 11) is 1.65. The van der Waals surface area contributed by atoms with Crippen LogP contribution in [0.4, 0.5) is 5.69 Å². The number of anilines is 1. The Kier molecular flexibility index (Phi) is 6.40. The predicted molar refractivity (Wildman–Crippen MR) is 73.8 cm³/mol. The Morgan fingerprint density at radius 2 is 2.28 bits per heavy atom. The highest BCUT2D eigenvalue weighted by molar-refractivity contribution is 9.10. The summed E-state index contributed by atoms with van der Waals surface area (Å²) < 4.78 is 5.91. The van der Waals surface area contributed by atoms with E-state index in [9.17, 15) is 4.79 Å². The molecule has 0 heterocycles. The van der Waals surface area contributed by atoms with Crippen LogP contribution in [0.3, 0.4) is 0 Å². The normalized spacial score (nSPS) is 9.83. The minimum absolute atomic E-state index is 0.450. The van der Waals surface area contributed by atoms with E-state index >= 15 is 0 Å². The Morgan fingerprint density at radius 1 is 1.50 bits per heavy atom. The molecule has 0 spiro atoms. The first-order chi connectivity index (χ1) is 8.72. The van der Waals surface area contributed by atoms with Gasteiger partial charge in [-0.1, -0.05) is 0 Å². The predicted octanol–water partition coefficient (Wildman–Crippen LogP) is 2.63. The number of hydrogen-bond acceptors (Lipinski definition) is 4. The zero-order chi connectivity index (χ0) is 13.4. The first-order valence-corrected chi connectivity index (χ1v) is 6.37. The molecule has 0 amide bonds. The molecule has 0 N–H and O–H groups in total. The maximum Gasteiger partial charge on any atom is 0.150 e. The molecule has 0 saturated carbocycles. The number of nitriles is 1. The lowest BCUT2D eigenvalue weighted by Gasteiger charge is -2.24. The lowest BCUT2D eigenvalue weighted by molar-refractivity contribution is 0.112. The van der Waals surface area contributed by atoms with Gasteiger partial charge in [0.2, 0.25) is 0 Å². The van der Waals surface area contributed by atoms with Crippen molar-refractivity contribution in [2.45, 2.75) is 6.42 Å². The summed E-state index contributed by atoms with van der Waals surface area (Å²) in [5.41, 5.74) is 1.59. The van der Waals surface area contributed by atoms with Crippen LogP contribution < -0.4 is 4.90 Å². The second-order valence-corrected chi connectivity index (χ2v) is 4.57. The summed E-state index contributed by atoms with van der Waals surface area (Å²) in [5.74, 6) is 0. The fourth-order valence-corrected chi connectivity index (χ4v) is 2.24. The Bertz CT molecular complexity index is 443. The van der Waals surface area contributed by atoms with Crippen LogP contribution in [0.1, 0.15) is 16.8 Å². The third-order valence-electron chi connectivity index (χ3n) is 2.51. The van der Waals surface area contributed by atoms with Crippen LogP contribution in [0.25, 0.3) is 0 Å². The van der Waals surface area contributed by atoms with Crippen LogP contribution in [0.15, 0.2) is 22.7 Å². The molecule has 0 bridgehead atoms. The van der Waals surface area contributed by atoms with Crippen molar-refractivity contribution in [2.75, 3.05) is 31.7 Å². The largest absolute Gasteiger partial charge is 0.383 e. The number of carbonyl (C=O) groups is 1. The quantitative estimate of drug-likeness (QED) is 0.726. The number of methoxy groups -OCH3 is 1. The van der Waals surface area contributed by atoms with E-state index < -0.39 is 0 Å². The smallest absolute Gasteiger partial charge is 0.150 e. The second-order valence-electron chi connectivity index (χ2n) is 3.72. The monoisotopic (exact) mass is 310 g/mol. The Balaban J connectivity index is 2.89. The molecule has 0 aliphatic heterocycles. The number of rotatable bonds is 7. The third-order valence-corrected chi connectivity index (χ3v) is 3.14. The van der Waals surface area contributed by atoms with E-state index in [1.54, 1.807) is 19.2 Å². The van der Waals surface area contributed by atoms with Crippen LogP contribution in [0.5, 0.6) is 0 Å². The zero-order valence-electron chi connectivity index (χ0n) is 10.2. The molecule has 0 atom stereocenters. The van der Waals surface area contributed by atoms with Crippen molar-refractivity contribution < 1.29 is 9.53 Å². The molecule has 18 heavy (non-hydrogen) atoms. The Morgan fingerprint density at radius 3 is 2.83 bits per heavy atom. The summed E-state index contributed by atoms with van der Waals surface area (Å²) >= 11 is 3.45. The van der Waals surface area contributed by atoms with Gasteiger partial charge in [-0.25, -0.2) is 0 Å². The number of ether oxygens (including phenoxy) is 1. The highest BCUT2D eigenvalue weighted by Gasteiger charge is 2.10. The molecular formula is C13H15BrN2O2. The van der Waals surface area contributed by atoms with Crippen molar-refractivity contribution in [3.8, 4) is 6.07 Å². The standard InChI is InChI=1S/C13H15BrN2O2/c1-18-8-7-16(6-2-5-15)13-4-3-11(10-17)9-12(13)14/h3-4,9-10H,2,6-8H2,1H3. The lowest BCUT2D eigenvalue weighted by Crippen LogP contribution is -2.28.